The van der Waals surface area contributed by atoms with E-state index in [1.165, 1.54) is 4.78 Å². The van der Waals surface area contributed by atoms with Gasteiger partial charge in [0.25, 0.3) is 5.34 Å². The quantitative estimate of drug-likeness (QED) is 0.0439. The van der Waals surface area contributed by atoms with Gasteiger partial charge in [0.2, 0.25) is 4.89 Å². The Morgan fingerprint density at radius 3 is 1.95 bits per heavy atom. The van der Waals surface area contributed by atoms with E-state index in [2.05, 4.69) is 27.2 Å². The summed E-state index contributed by atoms with van der Waals surface area (Å²) in [4.78, 5) is 0.300. The molecule has 222 valence electrons. The van der Waals surface area contributed by atoms with Gasteiger partial charge in [0, 0.05) is 25.3 Å². The summed E-state index contributed by atoms with van der Waals surface area (Å²) >= 11 is 22.9. The van der Waals surface area contributed by atoms with Crippen LogP contribution >= 0.6 is 34.2 Å². The highest BCUT2D eigenvalue weighted by Crippen LogP contribution is 2.59. The minimum atomic E-state index is -2.65. The number of ether oxygens (including phenoxy) is 2. The molecule has 0 radical (unpaired) electrons. The van der Waals surface area contributed by atoms with E-state index in [0.29, 0.717) is 24.3 Å². The minimum absolute atomic E-state index is 0.622. The molecule has 15 heteroatoms. The van der Waals surface area contributed by atoms with Gasteiger partial charge < -0.3 is 9.47 Å². The van der Waals surface area contributed by atoms with Crippen LogP contribution in [0.4, 0.5) is 0 Å². The molecule has 0 amide bonds. The third kappa shape index (κ3) is 11.3. The lowest BCUT2D eigenvalue weighted by Crippen LogP contribution is -2.30. The Kier molecular flexibility index (Phi) is 13.8. The van der Waals surface area contributed by atoms with Crippen LogP contribution < -0.4 is 9.47 Å². The fourth-order valence-corrected chi connectivity index (χ4v) is 5.80. The van der Waals surface area contributed by atoms with Gasteiger partial charge in [0.05, 0.1) is 19.5 Å². The standard InChI is InChI=1S/C26H36Cl2N7O2P2S2/c1-7-9-18-25(3,32-33-29)36-23-14-10-21(11-15-23)19-30-34(5)38(40)26(4,8-2)37-24-16-12-22(13-17-24)20-31-35(6)39(27,28)41/h10-17,19-20H,7-9,18H2,1-6H3/q+1/b30-19+,31-20+. The fraction of sp³-hybridized carbons (Fsp3) is 0.462. The predicted molar refractivity (Wildman–Crippen MR) is 181 cm³/mol. The Labute approximate surface area is 263 Å². The third-order valence-electron chi connectivity index (χ3n) is 6.09. The Morgan fingerprint density at radius 1 is 0.976 bits per heavy atom. The van der Waals surface area contributed by atoms with Gasteiger partial charge in [-0.3, -0.25) is 0 Å². The molecule has 0 aliphatic carbocycles. The zero-order valence-electron chi connectivity index (χ0n) is 24.0. The van der Waals surface area contributed by atoms with Crippen LogP contribution in [-0.2, 0) is 23.6 Å². The molecule has 0 aliphatic rings. The summed E-state index contributed by atoms with van der Waals surface area (Å²) in [7, 11) is 3.50. The molecule has 0 N–H and O–H groups in total. The van der Waals surface area contributed by atoms with Gasteiger partial charge in [-0.1, -0.05) is 20.3 Å². The van der Waals surface area contributed by atoms with Crippen molar-refractivity contribution < 1.29 is 9.47 Å². The first-order chi connectivity index (χ1) is 19.2. The molecule has 0 saturated heterocycles. The monoisotopic (exact) mass is 674 g/mol. The van der Waals surface area contributed by atoms with Crippen molar-refractivity contribution in [2.24, 2.45) is 15.3 Å². The van der Waals surface area contributed by atoms with Crippen molar-refractivity contribution >= 4 is 70.3 Å². The van der Waals surface area contributed by atoms with E-state index >= 15 is 0 Å². The first-order valence-corrected chi connectivity index (χ1v) is 19.8. The molecule has 0 aromatic heterocycles. The topological polar surface area (TPSA) is 98.4 Å². The second kappa shape index (κ2) is 16.0. The molecule has 41 heavy (non-hydrogen) atoms. The summed E-state index contributed by atoms with van der Waals surface area (Å²) < 4.78 is 15.5. The number of unbranched alkanes of at least 4 members (excludes halogenated alkanes) is 1. The summed E-state index contributed by atoms with van der Waals surface area (Å²) in [5.74, 6) is 1.31. The van der Waals surface area contributed by atoms with Crippen molar-refractivity contribution in [2.75, 3.05) is 14.1 Å². The molecule has 0 bridgehead atoms. The Bertz CT molecular complexity index is 1320. The second-order valence-electron chi connectivity index (χ2n) is 9.51. The van der Waals surface area contributed by atoms with E-state index < -0.39 is 22.8 Å². The first-order valence-electron chi connectivity index (χ1n) is 12.9. The zero-order valence-corrected chi connectivity index (χ0v) is 28.9. The molecule has 2 aromatic rings. The number of hydrogen-bond acceptors (Lipinski definition) is 7. The highest BCUT2D eigenvalue weighted by atomic mass is 35.9. The third-order valence-corrected chi connectivity index (χ3v) is 12.6. The zero-order chi connectivity index (χ0) is 30.7. The maximum atomic E-state index is 8.94. The highest BCUT2D eigenvalue weighted by Gasteiger charge is 2.45. The van der Waals surface area contributed by atoms with Gasteiger partial charge in [0.1, 0.15) is 11.5 Å². The Hall–Kier alpha value is -1.96. The van der Waals surface area contributed by atoms with Gasteiger partial charge in [-0.25, -0.2) is 4.78 Å². The largest absolute Gasteiger partial charge is 0.481 e. The second-order valence-corrected chi connectivity index (χ2v) is 20.3. The summed E-state index contributed by atoms with van der Waals surface area (Å²) in [6, 6.07) is 15.0. The molecule has 2 aromatic carbocycles. The van der Waals surface area contributed by atoms with Gasteiger partial charge in [0.15, 0.2) is 17.5 Å². The molecule has 3 atom stereocenters. The number of hydrogen-bond donors (Lipinski definition) is 0. The van der Waals surface area contributed by atoms with Crippen molar-refractivity contribution in [3.8, 4) is 11.5 Å². The fourth-order valence-electron chi connectivity index (χ4n) is 3.43. The van der Waals surface area contributed by atoms with Gasteiger partial charge in [-0.15, -0.1) is 9.88 Å². The van der Waals surface area contributed by atoms with E-state index in [0.717, 1.165) is 24.0 Å². The molecular weight excluding hydrogens is 639 g/mol. The first kappa shape index (κ1) is 35.2. The van der Waals surface area contributed by atoms with Crippen LogP contribution in [0.1, 0.15) is 64.5 Å². The average Bonchev–Trinajstić information content (AvgIpc) is 2.94. The van der Waals surface area contributed by atoms with Gasteiger partial charge in [-0.2, -0.15) is 5.10 Å². The summed E-state index contributed by atoms with van der Waals surface area (Å²) in [5.41, 5.74) is 9.74. The molecule has 0 spiro atoms. The summed E-state index contributed by atoms with van der Waals surface area (Å²) in [6.07, 6.45) is 6.60. The molecule has 0 heterocycles. The summed E-state index contributed by atoms with van der Waals surface area (Å²) in [5, 5.41) is 12.0. The van der Waals surface area contributed by atoms with Crippen molar-refractivity contribution in [2.45, 2.75) is 64.4 Å². The SMILES string of the molecule is CCCCC(C)(N=[N+]=[N-])Oc1ccc(/C=N/N(C)[P+](=S)C(C)(CC)Oc2ccc(/C=N/N(C)P(=S)(Cl)Cl)cc2)cc1. The van der Waals surface area contributed by atoms with Crippen LogP contribution in [0.3, 0.4) is 0 Å². The molecule has 2 rings (SSSR count). The van der Waals surface area contributed by atoms with Gasteiger partial charge in [-0.05, 0) is 124 Å². The van der Waals surface area contributed by atoms with Crippen LogP contribution in [0.25, 0.3) is 10.4 Å². The van der Waals surface area contributed by atoms with Crippen LogP contribution in [0.15, 0.2) is 63.8 Å². The predicted octanol–water partition coefficient (Wildman–Crippen LogP) is 9.58. The van der Waals surface area contributed by atoms with Crippen molar-refractivity contribution in [1.29, 1.82) is 0 Å². The highest BCUT2D eigenvalue weighted by molar-refractivity contribution is 8.37. The van der Waals surface area contributed by atoms with Crippen LogP contribution in [-0.4, -0.2) is 47.2 Å². The maximum absolute atomic E-state index is 8.94. The number of halogens is 2. The molecule has 3 unspecified atom stereocenters. The lowest BCUT2D eigenvalue weighted by molar-refractivity contribution is 0.0840. The Morgan fingerprint density at radius 2 is 1.49 bits per heavy atom. The van der Waals surface area contributed by atoms with Crippen molar-refractivity contribution in [3.63, 3.8) is 0 Å². The van der Waals surface area contributed by atoms with Crippen LogP contribution in [0.5, 0.6) is 11.5 Å². The van der Waals surface area contributed by atoms with Gasteiger partial charge >= 0.3 is 6.85 Å². The number of hydrazone groups is 2. The molecular formula is C26H36Cl2N7O2P2S2+. The van der Waals surface area contributed by atoms with Crippen LogP contribution in [0, 0.1) is 0 Å². The molecule has 9 nitrogen and oxygen atoms in total. The normalized spacial score (nSPS) is 15.1. The van der Waals surface area contributed by atoms with Crippen molar-refractivity contribution in [3.05, 3.63) is 70.1 Å². The Balaban J connectivity index is 2.06. The van der Waals surface area contributed by atoms with E-state index in [1.807, 2.05) is 69.4 Å². The lowest BCUT2D eigenvalue weighted by atomic mass is 10.1. The van der Waals surface area contributed by atoms with E-state index in [1.54, 1.807) is 31.2 Å². The maximum Gasteiger partial charge on any atom is 0.358 e. The minimum Gasteiger partial charge on any atom is -0.481 e. The summed E-state index contributed by atoms with van der Waals surface area (Å²) in [6.45, 7) is 6.70. The average molecular weight is 676 g/mol. The van der Waals surface area contributed by atoms with E-state index in [4.69, 9.17) is 61.1 Å². The van der Waals surface area contributed by atoms with E-state index in [-0.39, 0.29) is 0 Å². The van der Waals surface area contributed by atoms with Crippen molar-refractivity contribution in [1.82, 2.24) is 9.56 Å². The van der Waals surface area contributed by atoms with Crippen LogP contribution in [0.2, 0.25) is 0 Å². The van der Waals surface area contributed by atoms with E-state index in [9.17, 15) is 0 Å². The smallest absolute Gasteiger partial charge is 0.358 e. The number of rotatable bonds is 16. The number of nitrogens with zero attached hydrogens (tertiary/aromatic N) is 7. The molecule has 0 aliphatic heterocycles. The lowest BCUT2D eigenvalue weighted by Gasteiger charge is -2.25. The number of azide groups is 1. The number of benzene rings is 2. The molecule has 0 saturated carbocycles. The molecule has 0 fully saturated rings.